The van der Waals surface area contributed by atoms with Crippen LogP contribution in [0.25, 0.3) is 0 Å². The van der Waals surface area contributed by atoms with E-state index in [1.54, 1.807) is 35.6 Å². The summed E-state index contributed by atoms with van der Waals surface area (Å²) in [6.07, 6.45) is -0.0358. The van der Waals surface area contributed by atoms with Crippen LogP contribution in [0.1, 0.15) is 29.8 Å². The summed E-state index contributed by atoms with van der Waals surface area (Å²) in [7, 11) is -3.42. The Kier molecular flexibility index (Phi) is 5.37. The molecule has 2 rings (SSSR count). The first-order valence-corrected chi connectivity index (χ1v) is 9.54. The fourth-order valence-electron chi connectivity index (χ4n) is 2.01. The maximum atomic E-state index is 12.2. The number of carbonyl (C=O) groups excluding carboxylic acids is 1. The topological polar surface area (TPSA) is 63.2 Å². The van der Waals surface area contributed by atoms with E-state index in [2.05, 4.69) is 5.32 Å². The van der Waals surface area contributed by atoms with Crippen molar-refractivity contribution in [2.75, 3.05) is 5.75 Å². The number of carbonyl (C=O) groups is 1. The lowest BCUT2D eigenvalue weighted by Gasteiger charge is -2.12. The third-order valence-electron chi connectivity index (χ3n) is 3.33. The highest BCUT2D eigenvalue weighted by Crippen LogP contribution is 2.18. The summed E-state index contributed by atoms with van der Waals surface area (Å²) >= 11 is 1.56. The van der Waals surface area contributed by atoms with Crippen molar-refractivity contribution in [3.8, 4) is 0 Å². The van der Waals surface area contributed by atoms with Gasteiger partial charge in [-0.2, -0.15) is 0 Å². The summed E-state index contributed by atoms with van der Waals surface area (Å²) in [5.74, 6) is -0.435. The SMILES string of the molecule is Cc1ccc(S(=O)(=O)CCC(=O)N[C@@H](C)c2cccs2)cc1. The first kappa shape index (κ1) is 16.7. The van der Waals surface area contributed by atoms with Crippen LogP contribution in [0.4, 0.5) is 0 Å². The molecule has 1 aromatic heterocycles. The van der Waals surface area contributed by atoms with Gasteiger partial charge in [0, 0.05) is 11.3 Å². The molecule has 2 aromatic rings. The molecule has 0 unspecified atom stereocenters. The van der Waals surface area contributed by atoms with Crippen molar-refractivity contribution >= 4 is 27.1 Å². The van der Waals surface area contributed by atoms with Gasteiger partial charge in [-0.05, 0) is 37.4 Å². The molecule has 22 heavy (non-hydrogen) atoms. The number of nitrogens with one attached hydrogen (secondary N) is 1. The second kappa shape index (κ2) is 7.07. The molecule has 0 spiro atoms. The molecule has 0 bridgehead atoms. The molecule has 0 fully saturated rings. The largest absolute Gasteiger partial charge is 0.349 e. The van der Waals surface area contributed by atoms with Crippen LogP contribution in [0, 0.1) is 6.92 Å². The molecule has 0 saturated heterocycles. The molecule has 0 saturated carbocycles. The first-order chi connectivity index (χ1) is 10.4. The average Bonchev–Trinajstić information content (AvgIpc) is 3.00. The summed E-state index contributed by atoms with van der Waals surface area (Å²) in [5, 5.41) is 4.77. The van der Waals surface area contributed by atoms with Crippen molar-refractivity contribution in [2.24, 2.45) is 0 Å². The van der Waals surface area contributed by atoms with Crippen LogP contribution in [-0.2, 0) is 14.6 Å². The van der Waals surface area contributed by atoms with Crippen molar-refractivity contribution in [3.05, 3.63) is 52.2 Å². The van der Waals surface area contributed by atoms with E-state index in [1.807, 2.05) is 31.4 Å². The summed E-state index contributed by atoms with van der Waals surface area (Å²) in [6.45, 7) is 3.79. The van der Waals surface area contributed by atoms with E-state index in [4.69, 9.17) is 0 Å². The number of sulfone groups is 1. The van der Waals surface area contributed by atoms with Crippen LogP contribution in [-0.4, -0.2) is 20.1 Å². The number of amides is 1. The van der Waals surface area contributed by atoms with Gasteiger partial charge in [0.15, 0.2) is 9.84 Å². The molecule has 0 aliphatic heterocycles. The summed E-state index contributed by atoms with van der Waals surface area (Å²) in [4.78, 5) is 13.2. The number of benzene rings is 1. The second-order valence-electron chi connectivity index (χ2n) is 5.19. The standard InChI is InChI=1S/C16H19NO3S2/c1-12-5-7-14(8-6-12)22(19,20)11-9-16(18)17-13(2)15-4-3-10-21-15/h3-8,10,13H,9,11H2,1-2H3,(H,17,18)/t13-/m0/s1. The minimum atomic E-state index is -3.42. The van der Waals surface area contributed by atoms with Gasteiger partial charge in [-0.25, -0.2) is 8.42 Å². The van der Waals surface area contributed by atoms with Crippen molar-refractivity contribution in [1.82, 2.24) is 5.32 Å². The van der Waals surface area contributed by atoms with Gasteiger partial charge in [0.25, 0.3) is 0 Å². The van der Waals surface area contributed by atoms with Crippen LogP contribution in [0.2, 0.25) is 0 Å². The minimum Gasteiger partial charge on any atom is -0.349 e. The first-order valence-electron chi connectivity index (χ1n) is 7.01. The molecule has 0 aliphatic carbocycles. The third kappa shape index (κ3) is 4.42. The van der Waals surface area contributed by atoms with E-state index < -0.39 is 9.84 Å². The van der Waals surface area contributed by atoms with Crippen LogP contribution in [0.15, 0.2) is 46.7 Å². The predicted octanol–water partition coefficient (Wildman–Crippen LogP) is 3.10. The molecule has 0 aliphatic rings. The van der Waals surface area contributed by atoms with Gasteiger partial charge < -0.3 is 5.32 Å². The van der Waals surface area contributed by atoms with Crippen molar-refractivity contribution in [2.45, 2.75) is 31.2 Å². The zero-order chi connectivity index (χ0) is 16.2. The molecular weight excluding hydrogens is 318 g/mol. The van der Waals surface area contributed by atoms with Crippen molar-refractivity contribution in [3.63, 3.8) is 0 Å². The lowest BCUT2D eigenvalue weighted by Crippen LogP contribution is -2.27. The average molecular weight is 337 g/mol. The molecule has 118 valence electrons. The van der Waals surface area contributed by atoms with Crippen LogP contribution >= 0.6 is 11.3 Å². The Labute approximate surface area is 135 Å². The molecular formula is C16H19NO3S2. The van der Waals surface area contributed by atoms with Crippen LogP contribution in [0.3, 0.4) is 0 Å². The third-order valence-corrected chi connectivity index (χ3v) is 6.11. The van der Waals surface area contributed by atoms with Gasteiger partial charge in [-0.1, -0.05) is 23.8 Å². The van der Waals surface area contributed by atoms with Gasteiger partial charge in [0.05, 0.1) is 16.7 Å². The maximum absolute atomic E-state index is 12.2. The lowest BCUT2D eigenvalue weighted by molar-refractivity contribution is -0.121. The minimum absolute atomic E-state index is 0.0358. The molecule has 1 amide bonds. The van der Waals surface area contributed by atoms with Gasteiger partial charge in [0.1, 0.15) is 0 Å². The van der Waals surface area contributed by atoms with E-state index in [1.165, 1.54) is 0 Å². The summed E-state index contributed by atoms with van der Waals surface area (Å²) in [5.41, 5.74) is 1.00. The second-order valence-corrected chi connectivity index (χ2v) is 8.27. The van der Waals surface area contributed by atoms with E-state index in [0.717, 1.165) is 10.4 Å². The maximum Gasteiger partial charge on any atom is 0.221 e. The fourth-order valence-corrected chi connectivity index (χ4v) is 3.99. The van der Waals surface area contributed by atoms with E-state index in [-0.39, 0.29) is 29.0 Å². The molecule has 1 atom stereocenters. The number of hydrogen-bond donors (Lipinski definition) is 1. The van der Waals surface area contributed by atoms with Crippen molar-refractivity contribution in [1.29, 1.82) is 0 Å². The molecule has 1 N–H and O–H groups in total. The Morgan fingerprint density at radius 3 is 2.50 bits per heavy atom. The smallest absolute Gasteiger partial charge is 0.221 e. The highest BCUT2D eigenvalue weighted by atomic mass is 32.2. The summed E-state index contributed by atoms with van der Waals surface area (Å²) < 4.78 is 24.4. The monoisotopic (exact) mass is 337 g/mol. The quantitative estimate of drug-likeness (QED) is 0.881. The zero-order valence-corrected chi connectivity index (χ0v) is 14.2. The van der Waals surface area contributed by atoms with Gasteiger partial charge in [-0.3, -0.25) is 4.79 Å². The van der Waals surface area contributed by atoms with Crippen LogP contribution < -0.4 is 5.32 Å². The molecule has 0 radical (unpaired) electrons. The predicted molar refractivity (Wildman–Crippen MR) is 88.7 cm³/mol. The highest BCUT2D eigenvalue weighted by Gasteiger charge is 2.17. The molecule has 6 heteroatoms. The van der Waals surface area contributed by atoms with E-state index in [9.17, 15) is 13.2 Å². The normalized spacial score (nSPS) is 12.8. The number of aryl methyl sites for hydroxylation is 1. The Morgan fingerprint density at radius 1 is 1.23 bits per heavy atom. The van der Waals surface area contributed by atoms with E-state index >= 15 is 0 Å². The van der Waals surface area contributed by atoms with Crippen LogP contribution in [0.5, 0.6) is 0 Å². The number of thiophene rings is 1. The zero-order valence-electron chi connectivity index (χ0n) is 12.6. The Bertz CT molecular complexity index is 719. The van der Waals surface area contributed by atoms with Gasteiger partial charge >= 0.3 is 0 Å². The fraction of sp³-hybridized carbons (Fsp3) is 0.312. The lowest BCUT2D eigenvalue weighted by atomic mass is 10.2. The molecule has 1 heterocycles. The highest BCUT2D eigenvalue weighted by molar-refractivity contribution is 7.91. The Balaban J connectivity index is 1.91. The van der Waals surface area contributed by atoms with Gasteiger partial charge in [-0.15, -0.1) is 11.3 Å². The number of hydrogen-bond acceptors (Lipinski definition) is 4. The van der Waals surface area contributed by atoms with Gasteiger partial charge in [0.2, 0.25) is 5.91 Å². The molecule has 1 aromatic carbocycles. The number of rotatable bonds is 6. The Hall–Kier alpha value is -1.66. The van der Waals surface area contributed by atoms with Crippen molar-refractivity contribution < 1.29 is 13.2 Å². The molecule has 4 nitrogen and oxygen atoms in total. The summed E-state index contributed by atoms with van der Waals surface area (Å²) in [6, 6.07) is 10.4. The van der Waals surface area contributed by atoms with E-state index in [0.29, 0.717) is 0 Å². The Morgan fingerprint density at radius 2 is 1.91 bits per heavy atom.